The van der Waals surface area contributed by atoms with Gasteiger partial charge in [-0.05, 0) is 5.56 Å². The molecule has 1 unspecified atom stereocenters. The Kier molecular flexibility index (Phi) is 5.09. The van der Waals surface area contributed by atoms with Gasteiger partial charge in [0.1, 0.15) is 5.82 Å². The molecule has 0 aliphatic rings. The Morgan fingerprint density at radius 1 is 1.32 bits per heavy atom. The zero-order valence-corrected chi connectivity index (χ0v) is 10.8. The summed E-state index contributed by atoms with van der Waals surface area (Å²) in [5.41, 5.74) is 6.65. The van der Waals surface area contributed by atoms with Gasteiger partial charge in [-0.1, -0.05) is 30.3 Å². The molecule has 0 saturated carbocycles. The molecule has 5 heteroatoms. The lowest BCUT2D eigenvalue weighted by molar-refractivity contribution is 0.0200. The number of nitrogens with two attached hydrogens (primary N) is 1. The first-order chi connectivity index (χ1) is 9.29. The summed E-state index contributed by atoms with van der Waals surface area (Å²) in [5, 5.41) is 9.90. The summed E-state index contributed by atoms with van der Waals surface area (Å²) in [6, 6.07) is 9.89. The van der Waals surface area contributed by atoms with Gasteiger partial charge in [-0.3, -0.25) is 0 Å². The molecule has 0 saturated heterocycles. The van der Waals surface area contributed by atoms with E-state index in [0.29, 0.717) is 19.7 Å². The summed E-state index contributed by atoms with van der Waals surface area (Å²) in [7, 11) is 0. The van der Waals surface area contributed by atoms with E-state index < -0.39 is 6.10 Å². The Bertz CT molecular complexity index is 484. The molecule has 2 rings (SSSR count). The number of imidazole rings is 1. The minimum Gasteiger partial charge on any atom is -0.389 e. The summed E-state index contributed by atoms with van der Waals surface area (Å²) >= 11 is 0. The molecule has 1 atom stereocenters. The molecular weight excluding hydrogens is 242 g/mol. The molecule has 0 radical (unpaired) electrons. The predicted molar refractivity (Wildman–Crippen MR) is 72.2 cm³/mol. The van der Waals surface area contributed by atoms with Crippen molar-refractivity contribution in [3.63, 3.8) is 0 Å². The van der Waals surface area contributed by atoms with Crippen LogP contribution in [-0.4, -0.2) is 27.4 Å². The first-order valence-electron chi connectivity index (χ1n) is 6.29. The van der Waals surface area contributed by atoms with Crippen molar-refractivity contribution in [2.24, 2.45) is 5.73 Å². The number of benzene rings is 1. The second-order valence-electron chi connectivity index (χ2n) is 4.35. The second kappa shape index (κ2) is 7.04. The summed E-state index contributed by atoms with van der Waals surface area (Å²) in [6.07, 6.45) is 2.92. The molecule has 0 amide bonds. The smallest absolute Gasteiger partial charge is 0.122 e. The fraction of sp³-hybridized carbons (Fsp3) is 0.357. The fourth-order valence-electron chi connectivity index (χ4n) is 1.86. The molecule has 0 aliphatic carbocycles. The Morgan fingerprint density at radius 2 is 2.11 bits per heavy atom. The molecule has 3 N–H and O–H groups in total. The second-order valence-corrected chi connectivity index (χ2v) is 4.35. The average Bonchev–Trinajstić information content (AvgIpc) is 2.87. The Morgan fingerprint density at radius 3 is 2.84 bits per heavy atom. The van der Waals surface area contributed by atoms with Gasteiger partial charge in [0.2, 0.25) is 0 Å². The lowest BCUT2D eigenvalue weighted by Gasteiger charge is -2.13. The van der Waals surface area contributed by atoms with Crippen LogP contribution in [0.1, 0.15) is 11.4 Å². The van der Waals surface area contributed by atoms with Gasteiger partial charge in [-0.15, -0.1) is 0 Å². The molecule has 0 bridgehead atoms. The van der Waals surface area contributed by atoms with Crippen molar-refractivity contribution < 1.29 is 9.84 Å². The molecule has 0 fully saturated rings. The Hall–Kier alpha value is -1.69. The molecule has 102 valence electrons. The number of hydrogen-bond acceptors (Lipinski definition) is 4. The van der Waals surface area contributed by atoms with E-state index in [0.717, 1.165) is 11.4 Å². The van der Waals surface area contributed by atoms with Gasteiger partial charge in [-0.25, -0.2) is 4.98 Å². The lowest BCUT2D eigenvalue weighted by atomic mass is 10.2. The van der Waals surface area contributed by atoms with Crippen LogP contribution in [0.15, 0.2) is 42.7 Å². The van der Waals surface area contributed by atoms with E-state index in [-0.39, 0.29) is 6.61 Å². The van der Waals surface area contributed by atoms with Crippen molar-refractivity contribution in [3.05, 3.63) is 54.1 Å². The van der Waals surface area contributed by atoms with E-state index in [1.807, 2.05) is 41.1 Å². The van der Waals surface area contributed by atoms with Crippen LogP contribution in [0.3, 0.4) is 0 Å². The van der Waals surface area contributed by atoms with Crippen molar-refractivity contribution in [1.82, 2.24) is 9.55 Å². The van der Waals surface area contributed by atoms with Gasteiger partial charge in [0.05, 0.1) is 32.4 Å². The Labute approximate surface area is 112 Å². The van der Waals surface area contributed by atoms with Crippen LogP contribution in [0.25, 0.3) is 0 Å². The quantitative estimate of drug-likeness (QED) is 0.777. The highest BCUT2D eigenvalue weighted by Gasteiger charge is 2.08. The van der Waals surface area contributed by atoms with E-state index in [1.54, 1.807) is 6.20 Å². The molecule has 0 spiro atoms. The highest BCUT2D eigenvalue weighted by atomic mass is 16.5. The molecule has 0 aliphatic heterocycles. The molecule has 1 aromatic heterocycles. The maximum atomic E-state index is 9.90. The summed E-state index contributed by atoms with van der Waals surface area (Å²) in [5.74, 6) is 0.766. The maximum Gasteiger partial charge on any atom is 0.122 e. The topological polar surface area (TPSA) is 73.3 Å². The van der Waals surface area contributed by atoms with Gasteiger partial charge < -0.3 is 20.1 Å². The highest BCUT2D eigenvalue weighted by Crippen LogP contribution is 2.03. The average molecular weight is 261 g/mol. The number of nitrogens with zero attached hydrogens (tertiary/aromatic N) is 2. The number of aromatic nitrogens is 2. The normalized spacial score (nSPS) is 12.5. The lowest BCUT2D eigenvalue weighted by Crippen LogP contribution is -2.23. The monoisotopic (exact) mass is 261 g/mol. The molecule has 2 aromatic rings. The molecule has 19 heavy (non-hydrogen) atoms. The third-order valence-electron chi connectivity index (χ3n) is 2.81. The van der Waals surface area contributed by atoms with Crippen LogP contribution < -0.4 is 5.73 Å². The van der Waals surface area contributed by atoms with Crippen molar-refractivity contribution in [3.8, 4) is 0 Å². The van der Waals surface area contributed by atoms with Crippen molar-refractivity contribution in [1.29, 1.82) is 0 Å². The van der Waals surface area contributed by atoms with Crippen molar-refractivity contribution in [2.75, 3.05) is 6.61 Å². The van der Waals surface area contributed by atoms with Crippen LogP contribution in [0.2, 0.25) is 0 Å². The summed E-state index contributed by atoms with van der Waals surface area (Å²) < 4.78 is 7.33. The third kappa shape index (κ3) is 4.17. The van der Waals surface area contributed by atoms with Gasteiger partial charge in [-0.2, -0.15) is 0 Å². The highest BCUT2D eigenvalue weighted by molar-refractivity contribution is 5.13. The molecule has 5 nitrogen and oxygen atoms in total. The largest absolute Gasteiger partial charge is 0.389 e. The van der Waals surface area contributed by atoms with E-state index in [1.165, 1.54) is 0 Å². The summed E-state index contributed by atoms with van der Waals surface area (Å²) in [4.78, 5) is 4.10. The molecular formula is C14H19N3O2. The number of ether oxygens (including phenoxy) is 1. The van der Waals surface area contributed by atoms with Crippen molar-refractivity contribution >= 4 is 0 Å². The van der Waals surface area contributed by atoms with Gasteiger partial charge in [0, 0.05) is 12.4 Å². The van der Waals surface area contributed by atoms with E-state index >= 15 is 0 Å². The van der Waals surface area contributed by atoms with Crippen LogP contribution in [0, 0.1) is 0 Å². The van der Waals surface area contributed by atoms with Crippen LogP contribution in [0.4, 0.5) is 0 Å². The van der Waals surface area contributed by atoms with Gasteiger partial charge in [0.25, 0.3) is 0 Å². The van der Waals surface area contributed by atoms with Gasteiger partial charge >= 0.3 is 0 Å². The van der Waals surface area contributed by atoms with Crippen LogP contribution in [0.5, 0.6) is 0 Å². The van der Waals surface area contributed by atoms with Gasteiger partial charge in [0.15, 0.2) is 0 Å². The standard InChI is InChI=1S/C14H19N3O2/c15-8-14-16-6-7-17(14)9-13(18)11-19-10-12-4-2-1-3-5-12/h1-7,13,18H,8-11,15H2. The molecule has 1 aromatic carbocycles. The zero-order chi connectivity index (χ0) is 13.5. The minimum atomic E-state index is -0.566. The first kappa shape index (κ1) is 13.7. The molecule has 1 heterocycles. The Balaban J connectivity index is 1.74. The van der Waals surface area contributed by atoms with Crippen LogP contribution in [-0.2, 0) is 24.4 Å². The predicted octanol–water partition coefficient (Wildman–Crippen LogP) is 0.919. The number of aliphatic hydroxyl groups is 1. The number of aliphatic hydroxyl groups excluding tert-OH is 1. The SMILES string of the molecule is NCc1nccn1CC(O)COCc1ccccc1. The van der Waals surface area contributed by atoms with E-state index in [9.17, 15) is 5.11 Å². The zero-order valence-electron chi connectivity index (χ0n) is 10.8. The first-order valence-corrected chi connectivity index (χ1v) is 6.29. The summed E-state index contributed by atoms with van der Waals surface area (Å²) in [6.45, 7) is 1.61. The number of hydrogen-bond donors (Lipinski definition) is 2. The van der Waals surface area contributed by atoms with Crippen LogP contribution >= 0.6 is 0 Å². The minimum absolute atomic E-state index is 0.289. The van der Waals surface area contributed by atoms with E-state index in [2.05, 4.69) is 4.98 Å². The number of rotatable bonds is 7. The maximum absolute atomic E-state index is 9.90. The van der Waals surface area contributed by atoms with E-state index in [4.69, 9.17) is 10.5 Å². The van der Waals surface area contributed by atoms with Crippen molar-refractivity contribution in [2.45, 2.75) is 25.8 Å². The third-order valence-corrected chi connectivity index (χ3v) is 2.81. The fourth-order valence-corrected chi connectivity index (χ4v) is 1.86.